The summed E-state index contributed by atoms with van der Waals surface area (Å²) in [7, 11) is 0. The van der Waals surface area contributed by atoms with Crippen LogP contribution in [0.2, 0.25) is 0 Å². The molecule has 0 aromatic carbocycles. The largest absolute Gasteiger partial charge is 0.396 e. The molecule has 1 N–H and O–H groups in total. The first kappa shape index (κ1) is 10.0. The summed E-state index contributed by atoms with van der Waals surface area (Å²) in [5, 5.41) is 9.02. The van der Waals surface area contributed by atoms with Crippen molar-refractivity contribution in [3.05, 3.63) is 0 Å². The topological polar surface area (TPSA) is 23.5 Å². The van der Waals surface area contributed by atoms with Crippen molar-refractivity contribution in [3.63, 3.8) is 0 Å². The predicted molar refractivity (Wildman–Crippen MR) is 51.1 cm³/mol. The van der Waals surface area contributed by atoms with E-state index in [0.717, 1.165) is 13.0 Å². The van der Waals surface area contributed by atoms with Gasteiger partial charge in [-0.2, -0.15) is 0 Å². The lowest BCUT2D eigenvalue weighted by atomic mass is 9.91. The van der Waals surface area contributed by atoms with E-state index in [1.165, 1.54) is 6.42 Å². The number of likely N-dealkylation sites (tertiary alicyclic amines) is 1. The summed E-state index contributed by atoms with van der Waals surface area (Å²) >= 11 is 0. The Bertz CT molecular complexity index is 136. The minimum atomic E-state index is 0.371. The second-order valence-electron chi connectivity index (χ2n) is 4.25. The fourth-order valence-corrected chi connectivity index (χ4v) is 2.22. The molecule has 12 heavy (non-hydrogen) atoms. The monoisotopic (exact) mass is 171 g/mol. The van der Waals surface area contributed by atoms with Gasteiger partial charge in [-0.15, -0.1) is 0 Å². The first-order chi connectivity index (χ1) is 5.65. The molecule has 0 spiro atoms. The van der Waals surface area contributed by atoms with Crippen molar-refractivity contribution >= 4 is 0 Å². The lowest BCUT2D eigenvalue weighted by molar-refractivity contribution is 0.0671. The zero-order chi connectivity index (χ0) is 9.14. The van der Waals surface area contributed by atoms with Gasteiger partial charge in [0.05, 0.1) is 0 Å². The van der Waals surface area contributed by atoms with Gasteiger partial charge in [0, 0.05) is 18.7 Å². The highest BCUT2D eigenvalue weighted by Crippen LogP contribution is 2.23. The Morgan fingerprint density at radius 1 is 1.50 bits per heavy atom. The Hall–Kier alpha value is -0.0800. The normalized spacial score (nSPS) is 32.8. The van der Waals surface area contributed by atoms with Gasteiger partial charge in [0.2, 0.25) is 0 Å². The van der Waals surface area contributed by atoms with Crippen LogP contribution >= 0.6 is 0 Å². The van der Waals surface area contributed by atoms with Crippen LogP contribution < -0.4 is 0 Å². The summed E-state index contributed by atoms with van der Waals surface area (Å²) in [6.45, 7) is 8.29. The maximum atomic E-state index is 9.02. The highest BCUT2D eigenvalue weighted by molar-refractivity contribution is 4.80. The third-order valence-electron chi connectivity index (χ3n) is 2.96. The molecular formula is C10H21NO. The van der Waals surface area contributed by atoms with Gasteiger partial charge in [0.25, 0.3) is 0 Å². The molecule has 0 saturated carbocycles. The molecule has 0 radical (unpaired) electrons. The molecule has 1 fully saturated rings. The average molecular weight is 171 g/mol. The Morgan fingerprint density at radius 3 is 2.58 bits per heavy atom. The SMILES string of the molecule is CC(C)N1CC[C@H](CO)C[C@@H]1C. The summed E-state index contributed by atoms with van der Waals surface area (Å²) in [5.41, 5.74) is 0. The Kier molecular flexibility index (Phi) is 3.53. The van der Waals surface area contributed by atoms with Crippen LogP contribution in [-0.2, 0) is 0 Å². The van der Waals surface area contributed by atoms with Crippen LogP contribution in [-0.4, -0.2) is 35.2 Å². The zero-order valence-electron chi connectivity index (χ0n) is 8.45. The van der Waals surface area contributed by atoms with E-state index in [9.17, 15) is 0 Å². The minimum Gasteiger partial charge on any atom is -0.396 e. The number of hydrogen-bond acceptors (Lipinski definition) is 2. The van der Waals surface area contributed by atoms with Crippen LogP contribution in [0.3, 0.4) is 0 Å². The number of aliphatic hydroxyl groups excluding tert-OH is 1. The van der Waals surface area contributed by atoms with Gasteiger partial charge >= 0.3 is 0 Å². The molecule has 0 amide bonds. The molecule has 0 aliphatic carbocycles. The fraction of sp³-hybridized carbons (Fsp3) is 1.00. The number of nitrogens with zero attached hydrogens (tertiary/aromatic N) is 1. The molecule has 2 nitrogen and oxygen atoms in total. The number of hydrogen-bond donors (Lipinski definition) is 1. The third kappa shape index (κ3) is 2.20. The van der Waals surface area contributed by atoms with E-state index in [1.54, 1.807) is 0 Å². The molecule has 1 aliphatic heterocycles. The first-order valence-corrected chi connectivity index (χ1v) is 5.01. The smallest absolute Gasteiger partial charge is 0.0460 e. The second-order valence-corrected chi connectivity index (χ2v) is 4.25. The molecule has 1 heterocycles. The van der Waals surface area contributed by atoms with Crippen LogP contribution in [0.25, 0.3) is 0 Å². The molecule has 1 aliphatic rings. The van der Waals surface area contributed by atoms with Gasteiger partial charge in [0.1, 0.15) is 0 Å². The lowest BCUT2D eigenvalue weighted by Crippen LogP contribution is -2.45. The van der Waals surface area contributed by atoms with Crippen LogP contribution in [0.1, 0.15) is 33.6 Å². The molecule has 0 aromatic rings. The van der Waals surface area contributed by atoms with Crippen LogP contribution in [0.15, 0.2) is 0 Å². The third-order valence-corrected chi connectivity index (χ3v) is 2.96. The maximum absolute atomic E-state index is 9.02. The highest BCUT2D eigenvalue weighted by Gasteiger charge is 2.25. The van der Waals surface area contributed by atoms with Gasteiger partial charge in [-0.25, -0.2) is 0 Å². The highest BCUT2D eigenvalue weighted by atomic mass is 16.3. The summed E-state index contributed by atoms with van der Waals surface area (Å²) < 4.78 is 0. The van der Waals surface area contributed by atoms with Crippen molar-refractivity contribution in [2.75, 3.05) is 13.2 Å². The number of aliphatic hydroxyl groups is 1. The summed E-state index contributed by atoms with van der Waals surface area (Å²) in [6.07, 6.45) is 2.33. The Labute approximate surface area is 75.6 Å². The van der Waals surface area contributed by atoms with E-state index in [-0.39, 0.29) is 0 Å². The quantitative estimate of drug-likeness (QED) is 0.680. The van der Waals surface area contributed by atoms with E-state index < -0.39 is 0 Å². The number of rotatable bonds is 2. The minimum absolute atomic E-state index is 0.371. The standard InChI is InChI=1S/C10H21NO/c1-8(2)11-5-4-10(7-12)6-9(11)3/h8-10,12H,4-7H2,1-3H3/t9-,10-/m0/s1. The molecule has 0 aromatic heterocycles. The van der Waals surface area contributed by atoms with E-state index in [2.05, 4.69) is 25.7 Å². The average Bonchev–Trinajstić information content (AvgIpc) is 2.03. The van der Waals surface area contributed by atoms with Crippen LogP contribution in [0.4, 0.5) is 0 Å². The van der Waals surface area contributed by atoms with Crippen molar-refractivity contribution < 1.29 is 5.11 Å². The summed E-state index contributed by atoms with van der Waals surface area (Å²) in [5.74, 6) is 0.551. The van der Waals surface area contributed by atoms with E-state index in [0.29, 0.717) is 24.6 Å². The van der Waals surface area contributed by atoms with Crippen LogP contribution in [0.5, 0.6) is 0 Å². The zero-order valence-corrected chi connectivity index (χ0v) is 8.45. The fourth-order valence-electron chi connectivity index (χ4n) is 2.22. The van der Waals surface area contributed by atoms with E-state index in [4.69, 9.17) is 5.11 Å². The van der Waals surface area contributed by atoms with Crippen molar-refractivity contribution in [2.24, 2.45) is 5.92 Å². The van der Waals surface area contributed by atoms with Crippen molar-refractivity contribution in [2.45, 2.75) is 45.7 Å². The molecule has 1 saturated heterocycles. The van der Waals surface area contributed by atoms with Crippen molar-refractivity contribution in [1.29, 1.82) is 0 Å². The van der Waals surface area contributed by atoms with Gasteiger partial charge in [-0.1, -0.05) is 0 Å². The molecule has 0 bridgehead atoms. The molecular weight excluding hydrogens is 150 g/mol. The molecule has 72 valence electrons. The molecule has 2 heteroatoms. The molecule has 0 unspecified atom stereocenters. The van der Waals surface area contributed by atoms with Crippen LogP contribution in [0, 0.1) is 5.92 Å². The summed E-state index contributed by atoms with van der Waals surface area (Å²) in [4.78, 5) is 2.52. The maximum Gasteiger partial charge on any atom is 0.0460 e. The summed E-state index contributed by atoms with van der Waals surface area (Å²) in [6, 6.07) is 1.30. The molecule has 2 atom stereocenters. The lowest BCUT2D eigenvalue weighted by Gasteiger charge is -2.39. The van der Waals surface area contributed by atoms with Crippen molar-refractivity contribution in [3.8, 4) is 0 Å². The first-order valence-electron chi connectivity index (χ1n) is 5.01. The Morgan fingerprint density at radius 2 is 2.17 bits per heavy atom. The van der Waals surface area contributed by atoms with E-state index in [1.807, 2.05) is 0 Å². The van der Waals surface area contributed by atoms with Gasteiger partial charge in [-0.3, -0.25) is 4.90 Å². The van der Waals surface area contributed by atoms with Crippen molar-refractivity contribution in [1.82, 2.24) is 4.90 Å². The van der Waals surface area contributed by atoms with E-state index >= 15 is 0 Å². The molecule has 1 rings (SSSR count). The second kappa shape index (κ2) is 4.24. The van der Waals surface area contributed by atoms with Gasteiger partial charge in [0.15, 0.2) is 0 Å². The van der Waals surface area contributed by atoms with Gasteiger partial charge < -0.3 is 5.11 Å². The Balaban J connectivity index is 2.42. The number of piperidine rings is 1. The van der Waals surface area contributed by atoms with Gasteiger partial charge in [-0.05, 0) is 46.1 Å². The predicted octanol–water partition coefficient (Wildman–Crippen LogP) is 1.49.